The normalized spacial score (nSPS) is 23.3. The second-order valence-corrected chi connectivity index (χ2v) is 7.24. The molecule has 4 heteroatoms. The van der Waals surface area contributed by atoms with Gasteiger partial charge in [-0.1, -0.05) is 34.6 Å². The summed E-state index contributed by atoms with van der Waals surface area (Å²) in [6.07, 6.45) is 2.11. The first-order valence-electron chi connectivity index (χ1n) is 6.56. The third-order valence-corrected chi connectivity index (χ3v) is 3.63. The van der Waals surface area contributed by atoms with Gasteiger partial charge in [-0.15, -0.1) is 0 Å². The van der Waals surface area contributed by atoms with Gasteiger partial charge < -0.3 is 10.4 Å². The average Bonchev–Trinajstić information content (AvgIpc) is 2.80. The molecule has 18 heavy (non-hydrogen) atoms. The molecule has 0 aromatic heterocycles. The topological polar surface area (TPSA) is 66.4 Å². The minimum atomic E-state index is -0.939. The van der Waals surface area contributed by atoms with Gasteiger partial charge in [0, 0.05) is 5.92 Å². The molecule has 1 saturated carbocycles. The van der Waals surface area contributed by atoms with Crippen molar-refractivity contribution < 1.29 is 14.7 Å². The number of rotatable bonds is 5. The van der Waals surface area contributed by atoms with Crippen LogP contribution in [0.5, 0.6) is 0 Å². The smallest absolute Gasteiger partial charge is 0.326 e. The van der Waals surface area contributed by atoms with Gasteiger partial charge in [0.1, 0.15) is 6.04 Å². The van der Waals surface area contributed by atoms with Crippen LogP contribution in [0.3, 0.4) is 0 Å². The number of nitrogens with one attached hydrogen (secondary N) is 1. The third kappa shape index (κ3) is 4.31. The maximum Gasteiger partial charge on any atom is 0.326 e. The molecule has 0 radical (unpaired) electrons. The molecule has 0 saturated heterocycles. The van der Waals surface area contributed by atoms with Crippen LogP contribution in [0, 0.1) is 16.7 Å². The van der Waals surface area contributed by atoms with Gasteiger partial charge in [-0.05, 0) is 30.1 Å². The lowest BCUT2D eigenvalue weighted by Crippen LogP contribution is -2.42. The Balaban J connectivity index is 2.49. The summed E-state index contributed by atoms with van der Waals surface area (Å²) in [5, 5.41) is 11.8. The zero-order valence-electron chi connectivity index (χ0n) is 12.0. The lowest BCUT2D eigenvalue weighted by atomic mass is 9.88. The van der Waals surface area contributed by atoms with Crippen LogP contribution in [-0.4, -0.2) is 23.0 Å². The average molecular weight is 255 g/mol. The van der Waals surface area contributed by atoms with E-state index in [0.29, 0.717) is 6.42 Å². The van der Waals surface area contributed by atoms with Crippen LogP contribution in [0.25, 0.3) is 0 Å². The summed E-state index contributed by atoms with van der Waals surface area (Å²) in [4.78, 5) is 23.0. The van der Waals surface area contributed by atoms with Gasteiger partial charge in [0.15, 0.2) is 0 Å². The van der Waals surface area contributed by atoms with Gasteiger partial charge >= 0.3 is 5.97 Å². The van der Waals surface area contributed by atoms with Crippen molar-refractivity contribution in [3.8, 4) is 0 Å². The lowest BCUT2D eigenvalue weighted by Gasteiger charge is -2.21. The molecule has 0 spiro atoms. The predicted octanol–water partition coefficient (Wildman–Crippen LogP) is 2.43. The molecule has 1 aliphatic carbocycles. The van der Waals surface area contributed by atoms with E-state index in [1.165, 1.54) is 0 Å². The molecular formula is C14H25NO3. The molecular weight excluding hydrogens is 230 g/mol. The number of carbonyl (C=O) groups is 2. The molecule has 2 atom stereocenters. The molecule has 1 rings (SSSR count). The first kappa shape index (κ1) is 15.0. The standard InChI is InChI=1S/C14H25NO3/c1-13(2,3)7-6-10(12(17)18)15-11(16)9-8-14(9,4)5/h9-10H,6-8H2,1-5H3,(H,15,16)(H,17,18). The Kier molecular flexibility index (Phi) is 4.08. The number of hydrogen-bond acceptors (Lipinski definition) is 2. The number of aliphatic carboxylic acids is 1. The van der Waals surface area contributed by atoms with Crippen LogP contribution >= 0.6 is 0 Å². The van der Waals surface area contributed by atoms with Crippen molar-refractivity contribution in [3.63, 3.8) is 0 Å². The van der Waals surface area contributed by atoms with Crippen LogP contribution in [0.1, 0.15) is 53.9 Å². The zero-order valence-corrected chi connectivity index (χ0v) is 12.0. The van der Waals surface area contributed by atoms with E-state index in [0.717, 1.165) is 12.8 Å². The fraction of sp³-hybridized carbons (Fsp3) is 0.857. The fourth-order valence-corrected chi connectivity index (χ4v) is 2.02. The van der Waals surface area contributed by atoms with E-state index in [2.05, 4.69) is 26.1 Å². The fourth-order valence-electron chi connectivity index (χ4n) is 2.02. The Morgan fingerprint density at radius 1 is 1.39 bits per heavy atom. The molecule has 0 aromatic carbocycles. The summed E-state index contributed by atoms with van der Waals surface area (Å²) in [5.74, 6) is -1.07. The van der Waals surface area contributed by atoms with Crippen molar-refractivity contribution in [2.75, 3.05) is 0 Å². The number of carboxylic acids is 1. The maximum atomic E-state index is 11.9. The highest BCUT2D eigenvalue weighted by Gasteiger charge is 2.51. The van der Waals surface area contributed by atoms with Crippen LogP contribution in [-0.2, 0) is 9.59 Å². The van der Waals surface area contributed by atoms with E-state index in [1.807, 2.05) is 13.8 Å². The lowest BCUT2D eigenvalue weighted by molar-refractivity contribution is -0.142. The van der Waals surface area contributed by atoms with Gasteiger partial charge in [0.2, 0.25) is 5.91 Å². The quantitative estimate of drug-likeness (QED) is 0.793. The minimum absolute atomic E-state index is 0.0195. The minimum Gasteiger partial charge on any atom is -0.480 e. The Morgan fingerprint density at radius 2 is 1.89 bits per heavy atom. The molecule has 0 heterocycles. The molecule has 2 N–H and O–H groups in total. The van der Waals surface area contributed by atoms with E-state index in [4.69, 9.17) is 5.11 Å². The van der Waals surface area contributed by atoms with Crippen molar-refractivity contribution >= 4 is 11.9 Å². The second kappa shape index (κ2) is 4.90. The Morgan fingerprint density at radius 3 is 2.22 bits per heavy atom. The summed E-state index contributed by atoms with van der Waals surface area (Å²) in [6.45, 7) is 10.3. The summed E-state index contributed by atoms with van der Waals surface area (Å²) >= 11 is 0. The van der Waals surface area contributed by atoms with Gasteiger partial charge in [-0.3, -0.25) is 4.79 Å². The van der Waals surface area contributed by atoms with E-state index in [9.17, 15) is 9.59 Å². The molecule has 1 fully saturated rings. The van der Waals surface area contributed by atoms with E-state index < -0.39 is 12.0 Å². The first-order chi connectivity index (χ1) is 8.03. The van der Waals surface area contributed by atoms with Crippen LogP contribution < -0.4 is 5.32 Å². The molecule has 0 aromatic rings. The highest BCUT2D eigenvalue weighted by Crippen LogP contribution is 2.51. The summed E-state index contributed by atoms with van der Waals surface area (Å²) in [7, 11) is 0. The first-order valence-corrected chi connectivity index (χ1v) is 6.56. The summed E-state index contributed by atoms with van der Waals surface area (Å²) < 4.78 is 0. The predicted molar refractivity (Wildman–Crippen MR) is 70.1 cm³/mol. The number of amides is 1. The molecule has 1 amide bonds. The number of carbonyl (C=O) groups excluding carboxylic acids is 1. The largest absolute Gasteiger partial charge is 0.480 e. The van der Waals surface area contributed by atoms with E-state index >= 15 is 0 Å². The monoisotopic (exact) mass is 255 g/mol. The van der Waals surface area contributed by atoms with Gasteiger partial charge in [-0.25, -0.2) is 4.79 Å². The van der Waals surface area contributed by atoms with Gasteiger partial charge in [-0.2, -0.15) is 0 Å². The molecule has 4 nitrogen and oxygen atoms in total. The zero-order chi connectivity index (χ0) is 14.1. The van der Waals surface area contributed by atoms with Gasteiger partial charge in [0.05, 0.1) is 0 Å². The van der Waals surface area contributed by atoms with Crippen molar-refractivity contribution in [2.45, 2.75) is 59.9 Å². The Hall–Kier alpha value is -1.06. The highest BCUT2D eigenvalue weighted by atomic mass is 16.4. The molecule has 2 unspecified atom stereocenters. The van der Waals surface area contributed by atoms with Crippen molar-refractivity contribution in [1.82, 2.24) is 5.32 Å². The van der Waals surface area contributed by atoms with E-state index in [-0.39, 0.29) is 22.7 Å². The highest BCUT2D eigenvalue weighted by molar-refractivity contribution is 5.87. The van der Waals surface area contributed by atoms with Crippen LogP contribution in [0.2, 0.25) is 0 Å². The number of hydrogen-bond donors (Lipinski definition) is 2. The van der Waals surface area contributed by atoms with Crippen molar-refractivity contribution in [1.29, 1.82) is 0 Å². The van der Waals surface area contributed by atoms with Crippen LogP contribution in [0.15, 0.2) is 0 Å². The van der Waals surface area contributed by atoms with Crippen molar-refractivity contribution in [3.05, 3.63) is 0 Å². The van der Waals surface area contributed by atoms with Crippen LogP contribution in [0.4, 0.5) is 0 Å². The summed E-state index contributed by atoms with van der Waals surface area (Å²) in [5.41, 5.74) is 0.119. The third-order valence-electron chi connectivity index (χ3n) is 3.63. The van der Waals surface area contributed by atoms with Gasteiger partial charge in [0.25, 0.3) is 0 Å². The molecule has 0 aliphatic heterocycles. The molecule has 0 bridgehead atoms. The maximum absolute atomic E-state index is 11.9. The van der Waals surface area contributed by atoms with Crippen molar-refractivity contribution in [2.24, 2.45) is 16.7 Å². The summed E-state index contributed by atoms with van der Waals surface area (Å²) in [6, 6.07) is -0.756. The number of carboxylic acid groups (broad SMARTS) is 1. The molecule has 1 aliphatic rings. The molecule has 104 valence electrons. The second-order valence-electron chi connectivity index (χ2n) is 7.24. The van der Waals surface area contributed by atoms with E-state index in [1.54, 1.807) is 0 Å². The Bertz CT molecular complexity index is 341. The SMILES string of the molecule is CC(C)(C)CCC(NC(=O)C1CC1(C)C)C(=O)O. The Labute approximate surface area is 109 Å².